The highest BCUT2D eigenvalue weighted by Gasteiger charge is 2.22. The number of nitrogens with zero attached hydrogens (tertiary/aromatic N) is 1. The number of methoxy groups -OCH3 is 1. The summed E-state index contributed by atoms with van der Waals surface area (Å²) in [5, 5.41) is 19.0. The minimum absolute atomic E-state index is 0.233. The Morgan fingerprint density at radius 1 is 1.03 bits per heavy atom. The van der Waals surface area contributed by atoms with Gasteiger partial charge in [-0.25, -0.2) is 9.59 Å². The van der Waals surface area contributed by atoms with E-state index in [1.54, 1.807) is 13.8 Å². The van der Waals surface area contributed by atoms with Crippen molar-refractivity contribution in [3.05, 3.63) is 41.5 Å². The van der Waals surface area contributed by atoms with Crippen molar-refractivity contribution in [2.24, 2.45) is 0 Å². The quantitative estimate of drug-likeness (QED) is 0.446. The second-order valence-electron chi connectivity index (χ2n) is 5.58. The van der Waals surface area contributed by atoms with E-state index in [-0.39, 0.29) is 11.3 Å². The average Bonchev–Trinajstić information content (AvgIpc) is 3.03. The Morgan fingerprint density at radius 3 is 2.21 bits per heavy atom. The van der Waals surface area contributed by atoms with Gasteiger partial charge in [0.1, 0.15) is 5.75 Å². The number of carbonyl (C=O) groups excluding carboxylic acids is 2. The first kappa shape index (κ1) is 22.1. The van der Waals surface area contributed by atoms with Crippen molar-refractivity contribution in [1.82, 2.24) is 4.73 Å². The Labute approximate surface area is 167 Å². The molecule has 0 fully saturated rings. The molecule has 10 heteroatoms. The molecule has 1 aromatic heterocycles. The van der Waals surface area contributed by atoms with E-state index in [2.05, 4.69) is 0 Å². The molecule has 0 bridgehead atoms. The lowest BCUT2D eigenvalue weighted by molar-refractivity contribution is -0.147. The number of benzene rings is 1. The van der Waals surface area contributed by atoms with Crippen molar-refractivity contribution in [3.8, 4) is 17.5 Å². The number of esters is 1. The molecule has 0 saturated carbocycles. The summed E-state index contributed by atoms with van der Waals surface area (Å²) in [6.45, 7) is 3.72. The third-order valence-corrected chi connectivity index (χ3v) is 3.67. The van der Waals surface area contributed by atoms with E-state index in [4.69, 9.17) is 23.8 Å². The zero-order chi connectivity index (χ0) is 21.4. The largest absolute Gasteiger partial charge is 0.492 e. The fraction of sp³-hybridized carbons (Fsp3) is 0.368. The van der Waals surface area contributed by atoms with Gasteiger partial charge < -0.3 is 34.0 Å². The van der Waals surface area contributed by atoms with Crippen LogP contribution in [0.2, 0.25) is 0 Å². The highest BCUT2D eigenvalue weighted by molar-refractivity contribution is 5.91. The fourth-order valence-electron chi connectivity index (χ4n) is 2.42. The van der Waals surface area contributed by atoms with Crippen LogP contribution in [0.3, 0.4) is 0 Å². The van der Waals surface area contributed by atoms with E-state index in [1.807, 2.05) is 0 Å². The topological polar surface area (TPSA) is 126 Å². The summed E-state index contributed by atoms with van der Waals surface area (Å²) in [6.07, 6.45) is -0.830. The van der Waals surface area contributed by atoms with Crippen LogP contribution in [-0.4, -0.2) is 53.8 Å². The Hall–Kier alpha value is -3.24. The molecule has 0 amide bonds. The van der Waals surface area contributed by atoms with E-state index in [0.29, 0.717) is 23.5 Å². The second-order valence-corrected chi connectivity index (χ2v) is 5.58. The Bertz CT molecular complexity index is 821. The molecule has 0 aliphatic heterocycles. The molecule has 158 valence electrons. The maximum Gasteiger partial charge on any atom is 0.370 e. The Kier molecular flexibility index (Phi) is 7.87. The van der Waals surface area contributed by atoms with Gasteiger partial charge in [0.15, 0.2) is 12.9 Å². The standard InChI is InChI=1S/C19H23NO9/c1-4-26-19(27-5-2)14-10-12(6-7-13(14)18(24)25-3)28-11-17(23)29-20-15(21)8-9-16(20)22/h6-10,19,21-22H,4-5,11H2,1-3H3. The van der Waals surface area contributed by atoms with Crippen LogP contribution in [0.1, 0.15) is 36.1 Å². The third kappa shape index (κ3) is 5.62. The van der Waals surface area contributed by atoms with E-state index >= 15 is 0 Å². The molecule has 1 heterocycles. The molecule has 1 aromatic carbocycles. The first-order chi connectivity index (χ1) is 13.9. The molecule has 10 nitrogen and oxygen atoms in total. The van der Waals surface area contributed by atoms with Gasteiger partial charge in [0.05, 0.1) is 12.7 Å². The number of aromatic hydroxyl groups is 2. The third-order valence-electron chi connectivity index (χ3n) is 3.67. The second kappa shape index (κ2) is 10.3. The van der Waals surface area contributed by atoms with Gasteiger partial charge in [0.2, 0.25) is 11.8 Å². The summed E-state index contributed by atoms with van der Waals surface area (Å²) in [5.74, 6) is -2.10. The maximum absolute atomic E-state index is 12.1. The van der Waals surface area contributed by atoms with Gasteiger partial charge in [-0.3, -0.25) is 0 Å². The van der Waals surface area contributed by atoms with Crippen LogP contribution in [0.25, 0.3) is 0 Å². The number of hydrogen-bond acceptors (Lipinski definition) is 9. The lowest BCUT2D eigenvalue weighted by Crippen LogP contribution is -2.25. The van der Waals surface area contributed by atoms with Crippen LogP contribution in [0.15, 0.2) is 30.3 Å². The van der Waals surface area contributed by atoms with Crippen molar-refractivity contribution >= 4 is 11.9 Å². The molecule has 0 aliphatic rings. The number of rotatable bonds is 10. The first-order valence-corrected chi connectivity index (χ1v) is 8.80. The van der Waals surface area contributed by atoms with Crippen molar-refractivity contribution in [2.45, 2.75) is 20.1 Å². The predicted octanol–water partition coefficient (Wildman–Crippen LogP) is 1.79. The number of ether oxygens (including phenoxy) is 4. The van der Waals surface area contributed by atoms with Gasteiger partial charge >= 0.3 is 11.9 Å². The summed E-state index contributed by atoms with van der Waals surface area (Å²) in [7, 11) is 1.26. The molecule has 2 aromatic rings. The molecular formula is C19H23NO9. The van der Waals surface area contributed by atoms with Crippen LogP contribution >= 0.6 is 0 Å². The zero-order valence-electron chi connectivity index (χ0n) is 16.3. The number of carbonyl (C=O) groups is 2. The lowest BCUT2D eigenvalue weighted by atomic mass is 10.1. The minimum Gasteiger partial charge on any atom is -0.492 e. The zero-order valence-corrected chi connectivity index (χ0v) is 16.3. The van der Waals surface area contributed by atoms with Crippen LogP contribution in [-0.2, 0) is 19.0 Å². The van der Waals surface area contributed by atoms with Gasteiger partial charge in [0.25, 0.3) is 0 Å². The Balaban J connectivity index is 2.17. The molecule has 29 heavy (non-hydrogen) atoms. The van der Waals surface area contributed by atoms with Crippen molar-refractivity contribution in [3.63, 3.8) is 0 Å². The van der Waals surface area contributed by atoms with E-state index < -0.39 is 36.6 Å². The van der Waals surface area contributed by atoms with Gasteiger partial charge in [-0.15, -0.1) is 4.73 Å². The Morgan fingerprint density at radius 2 is 1.66 bits per heavy atom. The molecule has 0 aliphatic carbocycles. The summed E-state index contributed by atoms with van der Waals surface area (Å²) >= 11 is 0. The SMILES string of the molecule is CCOC(OCC)c1cc(OCC(=O)On2c(O)ccc2O)ccc1C(=O)OC. The highest BCUT2D eigenvalue weighted by atomic mass is 16.7. The molecule has 0 unspecified atom stereocenters. The molecular weight excluding hydrogens is 386 g/mol. The van der Waals surface area contributed by atoms with Gasteiger partial charge in [0, 0.05) is 30.9 Å². The monoisotopic (exact) mass is 409 g/mol. The van der Waals surface area contributed by atoms with Gasteiger partial charge in [-0.05, 0) is 32.0 Å². The van der Waals surface area contributed by atoms with E-state index in [9.17, 15) is 19.8 Å². The molecule has 0 spiro atoms. The van der Waals surface area contributed by atoms with Crippen LogP contribution in [0.4, 0.5) is 0 Å². The smallest absolute Gasteiger partial charge is 0.370 e. The van der Waals surface area contributed by atoms with Crippen LogP contribution in [0, 0.1) is 0 Å². The average molecular weight is 409 g/mol. The van der Waals surface area contributed by atoms with Gasteiger partial charge in [-0.2, -0.15) is 0 Å². The molecule has 2 rings (SSSR count). The molecule has 0 atom stereocenters. The fourth-order valence-corrected chi connectivity index (χ4v) is 2.42. The number of aromatic nitrogens is 1. The maximum atomic E-state index is 12.1. The first-order valence-electron chi connectivity index (χ1n) is 8.80. The summed E-state index contributed by atoms with van der Waals surface area (Å²) in [6, 6.07) is 6.75. The molecule has 0 saturated heterocycles. The van der Waals surface area contributed by atoms with Crippen molar-refractivity contribution in [1.29, 1.82) is 0 Å². The molecule has 2 N–H and O–H groups in total. The summed E-state index contributed by atoms with van der Waals surface area (Å²) in [4.78, 5) is 28.8. The lowest BCUT2D eigenvalue weighted by Gasteiger charge is -2.20. The number of hydrogen-bond donors (Lipinski definition) is 2. The van der Waals surface area contributed by atoms with Crippen molar-refractivity contribution < 1.29 is 43.6 Å². The van der Waals surface area contributed by atoms with Crippen LogP contribution in [0.5, 0.6) is 17.5 Å². The summed E-state index contributed by atoms with van der Waals surface area (Å²) in [5.41, 5.74) is 0.614. The van der Waals surface area contributed by atoms with E-state index in [0.717, 1.165) is 12.1 Å². The van der Waals surface area contributed by atoms with E-state index in [1.165, 1.54) is 25.3 Å². The van der Waals surface area contributed by atoms with Crippen molar-refractivity contribution in [2.75, 3.05) is 26.9 Å². The normalized spacial score (nSPS) is 10.8. The predicted molar refractivity (Wildman–Crippen MR) is 98.6 cm³/mol. The highest BCUT2D eigenvalue weighted by Crippen LogP contribution is 2.28. The minimum atomic E-state index is -0.878. The summed E-state index contributed by atoms with van der Waals surface area (Å²) < 4.78 is 21.8. The molecule has 0 radical (unpaired) electrons. The van der Waals surface area contributed by atoms with Gasteiger partial charge in [-0.1, -0.05) is 0 Å². The van der Waals surface area contributed by atoms with Crippen LogP contribution < -0.4 is 9.57 Å².